The van der Waals surface area contributed by atoms with Crippen LogP contribution in [0, 0.1) is 0 Å². The number of nitrogens with zero attached hydrogens (tertiary/aromatic N) is 1. The summed E-state index contributed by atoms with van der Waals surface area (Å²) in [4.78, 5) is 8.67. The van der Waals surface area contributed by atoms with Crippen LogP contribution in [0.5, 0.6) is 0 Å². The minimum Gasteiger partial charge on any atom is -0.353 e. The quantitative estimate of drug-likeness (QED) is 0.566. The number of H-pyrrole nitrogens is 1. The number of pyridine rings is 1. The summed E-state index contributed by atoms with van der Waals surface area (Å²) in [6, 6.07) is 19.3. The van der Waals surface area contributed by atoms with Gasteiger partial charge in [0.1, 0.15) is 0 Å². The average molecular weight is 298 g/mol. The van der Waals surface area contributed by atoms with Gasteiger partial charge in [-0.15, -0.1) is 0 Å². The molecule has 1 aliphatic carbocycles. The van der Waals surface area contributed by atoms with Gasteiger partial charge in [-0.25, -0.2) is 0 Å². The number of nitrogens with one attached hydrogen (secondary N) is 1. The maximum Gasteiger partial charge on any atom is 0.0691 e. The monoisotopic (exact) mass is 298 g/mol. The van der Waals surface area contributed by atoms with Crippen LogP contribution in [0.1, 0.15) is 28.9 Å². The van der Waals surface area contributed by atoms with E-state index >= 15 is 0 Å². The van der Waals surface area contributed by atoms with Gasteiger partial charge in [0.15, 0.2) is 0 Å². The van der Waals surface area contributed by atoms with E-state index in [0.29, 0.717) is 0 Å². The van der Waals surface area contributed by atoms with E-state index in [1.54, 1.807) is 0 Å². The summed E-state index contributed by atoms with van der Waals surface area (Å²) in [5, 5.41) is 2.76. The molecule has 0 radical (unpaired) electrons. The Morgan fingerprint density at radius 1 is 0.913 bits per heavy atom. The highest BCUT2D eigenvalue weighted by atomic mass is 14.8. The van der Waals surface area contributed by atoms with Crippen molar-refractivity contribution >= 4 is 21.8 Å². The molecule has 4 aromatic rings. The van der Waals surface area contributed by atoms with Gasteiger partial charge in [-0.1, -0.05) is 48.5 Å². The second-order valence-corrected chi connectivity index (χ2v) is 6.42. The van der Waals surface area contributed by atoms with Crippen molar-refractivity contribution in [2.45, 2.75) is 25.7 Å². The van der Waals surface area contributed by atoms with Crippen LogP contribution in [0.3, 0.4) is 0 Å². The molecule has 0 aliphatic heterocycles. The molecular weight excluding hydrogens is 280 g/mol. The lowest BCUT2D eigenvalue weighted by Gasteiger charge is -2.08. The molecule has 2 heterocycles. The van der Waals surface area contributed by atoms with Crippen LogP contribution < -0.4 is 0 Å². The molecule has 2 aromatic heterocycles. The first-order chi connectivity index (χ1) is 11.4. The number of aryl methyl sites for hydroxylation is 2. The molecule has 2 aromatic carbocycles. The smallest absolute Gasteiger partial charge is 0.0691 e. The number of para-hydroxylation sites is 1. The average Bonchev–Trinajstić information content (AvgIpc) is 3.19. The topological polar surface area (TPSA) is 28.7 Å². The van der Waals surface area contributed by atoms with Gasteiger partial charge in [-0.3, -0.25) is 4.98 Å². The van der Waals surface area contributed by atoms with Crippen LogP contribution in [0.2, 0.25) is 0 Å². The van der Waals surface area contributed by atoms with Crippen molar-refractivity contribution in [3.63, 3.8) is 0 Å². The predicted molar refractivity (Wildman–Crippen MR) is 94.9 cm³/mol. The van der Waals surface area contributed by atoms with Gasteiger partial charge in [0.05, 0.1) is 11.2 Å². The van der Waals surface area contributed by atoms with Gasteiger partial charge in [0.2, 0.25) is 0 Å². The van der Waals surface area contributed by atoms with Gasteiger partial charge >= 0.3 is 0 Å². The molecule has 0 amide bonds. The van der Waals surface area contributed by atoms with Crippen LogP contribution in [0.25, 0.3) is 21.8 Å². The summed E-state index contributed by atoms with van der Waals surface area (Å²) < 4.78 is 0. The molecule has 0 saturated carbocycles. The molecule has 1 N–H and O–H groups in total. The van der Waals surface area contributed by atoms with Crippen molar-refractivity contribution in [3.05, 3.63) is 77.1 Å². The molecule has 0 atom stereocenters. The number of hydrogen-bond acceptors (Lipinski definition) is 1. The lowest BCUT2D eigenvalue weighted by atomic mass is 10.0. The maximum absolute atomic E-state index is 5.04. The Labute approximate surface area is 135 Å². The van der Waals surface area contributed by atoms with Crippen LogP contribution in [0.4, 0.5) is 0 Å². The lowest BCUT2D eigenvalue weighted by Crippen LogP contribution is -1.99. The van der Waals surface area contributed by atoms with Crippen molar-refractivity contribution in [2.24, 2.45) is 0 Å². The zero-order valence-electron chi connectivity index (χ0n) is 13.0. The first-order valence-electron chi connectivity index (χ1n) is 8.35. The second kappa shape index (κ2) is 4.95. The van der Waals surface area contributed by atoms with Crippen LogP contribution in [-0.2, 0) is 19.3 Å². The number of benzene rings is 2. The van der Waals surface area contributed by atoms with Crippen LogP contribution in [-0.4, -0.2) is 9.97 Å². The summed E-state index contributed by atoms with van der Waals surface area (Å²) in [5.41, 5.74) is 7.73. The van der Waals surface area contributed by atoms with Crippen molar-refractivity contribution < 1.29 is 0 Å². The van der Waals surface area contributed by atoms with E-state index in [2.05, 4.69) is 59.6 Å². The fourth-order valence-corrected chi connectivity index (χ4v) is 3.93. The standard InChI is InChI=1S/C21H18N2/c1-2-7-14(8-3-1)13-19-21-20(16-10-6-12-17(16)22-19)15-9-4-5-11-18(15)23-21/h1-5,7-9,11,23H,6,10,12-13H2. The highest BCUT2D eigenvalue weighted by Gasteiger charge is 2.21. The van der Waals surface area contributed by atoms with Crippen LogP contribution in [0.15, 0.2) is 54.6 Å². The number of fused-ring (bicyclic) bond motifs is 5. The molecule has 2 nitrogen and oxygen atoms in total. The third-order valence-corrected chi connectivity index (χ3v) is 4.97. The zero-order chi connectivity index (χ0) is 15.2. The number of aromatic amines is 1. The first kappa shape index (κ1) is 12.9. The highest BCUT2D eigenvalue weighted by molar-refractivity contribution is 6.10. The van der Waals surface area contributed by atoms with E-state index in [4.69, 9.17) is 4.98 Å². The van der Waals surface area contributed by atoms with Gasteiger partial charge < -0.3 is 4.98 Å². The van der Waals surface area contributed by atoms with Gasteiger partial charge in [0.25, 0.3) is 0 Å². The zero-order valence-corrected chi connectivity index (χ0v) is 13.0. The molecule has 23 heavy (non-hydrogen) atoms. The van der Waals surface area contributed by atoms with E-state index in [1.807, 2.05) is 0 Å². The molecule has 0 unspecified atom stereocenters. The van der Waals surface area contributed by atoms with E-state index in [1.165, 1.54) is 50.7 Å². The fourth-order valence-electron chi connectivity index (χ4n) is 3.93. The highest BCUT2D eigenvalue weighted by Crippen LogP contribution is 2.36. The third kappa shape index (κ3) is 1.98. The van der Waals surface area contributed by atoms with Gasteiger partial charge in [-0.05, 0) is 36.5 Å². The Kier molecular flexibility index (Phi) is 2.77. The molecular formula is C21H18N2. The van der Waals surface area contributed by atoms with Crippen molar-refractivity contribution in [2.75, 3.05) is 0 Å². The molecule has 0 saturated heterocycles. The molecule has 1 aliphatic rings. The van der Waals surface area contributed by atoms with Gasteiger partial charge in [-0.2, -0.15) is 0 Å². The van der Waals surface area contributed by atoms with E-state index in [9.17, 15) is 0 Å². The Morgan fingerprint density at radius 3 is 2.65 bits per heavy atom. The van der Waals surface area contributed by atoms with E-state index < -0.39 is 0 Å². The molecule has 0 spiro atoms. The first-order valence-corrected chi connectivity index (χ1v) is 8.35. The number of hydrogen-bond donors (Lipinski definition) is 1. The number of aromatic nitrogens is 2. The molecule has 0 bridgehead atoms. The number of rotatable bonds is 2. The normalized spacial score (nSPS) is 13.7. The SMILES string of the molecule is c1ccc(Cc2nc3c(c4c2[nH]c2ccccc24)CCC3)cc1. The molecule has 5 rings (SSSR count). The third-order valence-electron chi connectivity index (χ3n) is 4.97. The summed E-state index contributed by atoms with van der Waals surface area (Å²) in [6.45, 7) is 0. The van der Waals surface area contributed by atoms with Crippen LogP contribution >= 0.6 is 0 Å². The van der Waals surface area contributed by atoms with E-state index in [0.717, 1.165) is 19.3 Å². The molecule has 0 fully saturated rings. The van der Waals surface area contributed by atoms with Crippen molar-refractivity contribution in [1.82, 2.24) is 9.97 Å². The fraction of sp³-hybridized carbons (Fsp3) is 0.190. The summed E-state index contributed by atoms with van der Waals surface area (Å²) >= 11 is 0. The lowest BCUT2D eigenvalue weighted by molar-refractivity contribution is 0.894. The Hall–Kier alpha value is -2.61. The predicted octanol–water partition coefficient (Wildman–Crippen LogP) is 4.80. The van der Waals surface area contributed by atoms with Crippen molar-refractivity contribution in [3.8, 4) is 0 Å². The maximum atomic E-state index is 5.04. The minimum absolute atomic E-state index is 0.886. The summed E-state index contributed by atoms with van der Waals surface area (Å²) in [7, 11) is 0. The molecule has 112 valence electrons. The summed E-state index contributed by atoms with van der Waals surface area (Å²) in [5.74, 6) is 0. The van der Waals surface area contributed by atoms with Gasteiger partial charge in [0, 0.05) is 28.4 Å². The molecule has 2 heteroatoms. The van der Waals surface area contributed by atoms with Crippen molar-refractivity contribution in [1.29, 1.82) is 0 Å². The second-order valence-electron chi connectivity index (χ2n) is 6.42. The minimum atomic E-state index is 0.886. The largest absolute Gasteiger partial charge is 0.353 e. The van der Waals surface area contributed by atoms with E-state index in [-0.39, 0.29) is 0 Å². The Balaban J connectivity index is 1.81. The Bertz CT molecular complexity index is 1010. The summed E-state index contributed by atoms with van der Waals surface area (Å²) in [6.07, 6.45) is 4.39. The Morgan fingerprint density at radius 2 is 1.74 bits per heavy atom.